The summed E-state index contributed by atoms with van der Waals surface area (Å²) in [5.74, 6) is -1.86. The highest BCUT2D eigenvalue weighted by Crippen LogP contribution is 2.45. The Kier molecular flexibility index (Phi) is 11.1. The average Bonchev–Trinajstić information content (AvgIpc) is 3.98. The average molecular weight is 758 g/mol. The van der Waals surface area contributed by atoms with E-state index in [-0.39, 0.29) is 25.3 Å². The molecule has 15 nitrogen and oxygen atoms in total. The summed E-state index contributed by atoms with van der Waals surface area (Å²) in [7, 11) is -2.36. The van der Waals surface area contributed by atoms with E-state index in [1.54, 1.807) is 80.0 Å². The topological polar surface area (TPSA) is 192 Å². The van der Waals surface area contributed by atoms with Crippen molar-refractivity contribution in [1.82, 2.24) is 25.2 Å². The minimum Gasteiger partial charge on any atom is -0.497 e. The maximum Gasteiger partial charge on any atom is 0.408 e. The van der Waals surface area contributed by atoms with Crippen LogP contribution in [0, 0.1) is 5.92 Å². The molecule has 0 bridgehead atoms. The number of carbonyl (C=O) groups excluding carboxylic acids is 4. The first kappa shape index (κ1) is 39.8. The van der Waals surface area contributed by atoms with Gasteiger partial charge in [0.05, 0.1) is 30.6 Å². The Morgan fingerprint density at radius 2 is 1.77 bits per heavy atom. The van der Waals surface area contributed by atoms with E-state index in [1.165, 1.54) is 11.0 Å². The molecule has 2 saturated carbocycles. The van der Waals surface area contributed by atoms with E-state index in [0.29, 0.717) is 24.0 Å². The predicted molar refractivity (Wildman–Crippen MR) is 196 cm³/mol. The van der Waals surface area contributed by atoms with Crippen molar-refractivity contribution in [3.05, 3.63) is 43.1 Å². The number of hydrogen-bond acceptors (Lipinski definition) is 11. The number of methoxy groups -OCH3 is 1. The van der Waals surface area contributed by atoms with Gasteiger partial charge in [-0.15, -0.1) is 6.58 Å². The highest BCUT2D eigenvalue weighted by atomic mass is 32.2. The van der Waals surface area contributed by atoms with Gasteiger partial charge in [0.25, 0.3) is 5.91 Å². The number of benzene rings is 1. The first-order chi connectivity index (χ1) is 24.7. The number of likely N-dealkylation sites (tertiary alicyclic amines) is 1. The summed E-state index contributed by atoms with van der Waals surface area (Å²) in [6.45, 7) is 15.8. The Morgan fingerprint density at radius 3 is 2.36 bits per heavy atom. The van der Waals surface area contributed by atoms with Gasteiger partial charge in [-0.1, -0.05) is 6.08 Å². The van der Waals surface area contributed by atoms with Crippen LogP contribution in [0.3, 0.4) is 0 Å². The molecule has 2 aromatic rings. The van der Waals surface area contributed by atoms with E-state index in [0.717, 1.165) is 5.39 Å². The maximum absolute atomic E-state index is 14.6. The molecular weight excluding hydrogens is 706 g/mol. The van der Waals surface area contributed by atoms with Crippen LogP contribution < -0.4 is 24.8 Å². The highest BCUT2D eigenvalue weighted by Gasteiger charge is 2.62. The third-order valence-corrected chi connectivity index (χ3v) is 11.1. The smallest absolute Gasteiger partial charge is 0.408 e. The monoisotopic (exact) mass is 757 g/mol. The molecule has 2 aliphatic carbocycles. The first-order valence-electron chi connectivity index (χ1n) is 17.7. The van der Waals surface area contributed by atoms with Gasteiger partial charge in [0.1, 0.15) is 35.1 Å². The van der Waals surface area contributed by atoms with E-state index in [4.69, 9.17) is 18.9 Å². The summed E-state index contributed by atoms with van der Waals surface area (Å²) < 4.78 is 50.9. The van der Waals surface area contributed by atoms with Crippen molar-refractivity contribution in [2.24, 2.45) is 5.92 Å². The van der Waals surface area contributed by atoms with Gasteiger partial charge in [-0.25, -0.2) is 18.2 Å². The van der Waals surface area contributed by atoms with Gasteiger partial charge in [-0.05, 0) is 97.4 Å². The number of sulfonamides is 1. The predicted octanol–water partition coefficient (Wildman–Crippen LogP) is 3.36. The molecular formula is C37H51N5O10S. The second-order valence-electron chi connectivity index (χ2n) is 15.9. The van der Waals surface area contributed by atoms with Gasteiger partial charge in [0.15, 0.2) is 0 Å². The zero-order valence-corrected chi connectivity index (χ0v) is 32.4. The third kappa shape index (κ3) is 9.39. The SMILES string of the molecule is C=C[C@@H]1C[C@]1(NC(=O)[C@@H]1C[C@@H](Oc2nccc3cc(OC)ccc23)CN1C(=O)[C@@H](NC(=O)OC(C)(C)C)[C@@H](C)OC(C)(C)C)C(=O)NS(=O)(=O)C1CC1. The molecule has 1 aromatic carbocycles. The Bertz CT molecular complexity index is 1870. The number of fused-ring (bicyclic) bond motifs is 1. The lowest BCUT2D eigenvalue weighted by Crippen LogP contribution is -2.60. The molecule has 0 radical (unpaired) electrons. The minimum absolute atomic E-state index is 0.0176. The lowest BCUT2D eigenvalue weighted by molar-refractivity contribution is -0.146. The number of hydrogen-bond donors (Lipinski definition) is 3. The number of amides is 4. The molecule has 16 heteroatoms. The van der Waals surface area contributed by atoms with E-state index >= 15 is 0 Å². The number of pyridine rings is 1. The summed E-state index contributed by atoms with van der Waals surface area (Å²) in [5, 5.41) is 6.24. The zero-order chi connectivity index (χ0) is 39.1. The number of alkyl carbamates (subject to hydrolysis) is 1. The zero-order valence-electron chi connectivity index (χ0n) is 31.6. The van der Waals surface area contributed by atoms with Crippen molar-refractivity contribution >= 4 is 44.6 Å². The fourth-order valence-electron chi connectivity index (χ4n) is 6.52. The largest absolute Gasteiger partial charge is 0.497 e. The van der Waals surface area contributed by atoms with E-state index in [9.17, 15) is 27.6 Å². The standard InChI is InChI=1S/C37H51N5O10S/c1-10-23-19-37(23,33(45)41-53(47,48)26-12-13-26)40-30(43)28-18-25(50-31-27-14-11-24(49-9)17-22(27)15-16-38-31)20-42(28)32(44)29(21(2)51-35(3,4)5)39-34(46)52-36(6,7)8/h10-11,14-17,21,23,25-26,28-29H,1,12-13,18-20H2,2-9H3,(H,39,46)(H,40,43)(H,41,45)/t21-,23-,25-,28+,29+,37-/m1/s1. The molecule has 1 saturated heterocycles. The molecule has 5 rings (SSSR count). The molecule has 3 aliphatic rings. The van der Waals surface area contributed by atoms with Crippen molar-refractivity contribution < 1.29 is 46.5 Å². The van der Waals surface area contributed by atoms with Crippen LogP contribution in [0.1, 0.15) is 74.1 Å². The van der Waals surface area contributed by atoms with Crippen LogP contribution in [0.15, 0.2) is 43.1 Å². The number of carbonyl (C=O) groups is 4. The van der Waals surface area contributed by atoms with Crippen LogP contribution in [0.25, 0.3) is 10.8 Å². The Morgan fingerprint density at radius 1 is 1.08 bits per heavy atom. The van der Waals surface area contributed by atoms with Crippen molar-refractivity contribution in [2.75, 3.05) is 13.7 Å². The number of ether oxygens (including phenoxy) is 4. The van der Waals surface area contributed by atoms with Gasteiger partial charge in [0.2, 0.25) is 27.7 Å². The second kappa shape index (κ2) is 14.8. The summed E-state index contributed by atoms with van der Waals surface area (Å²) in [6.07, 6.45) is 1.56. The molecule has 4 amide bonds. The Labute approximate surface area is 310 Å². The summed E-state index contributed by atoms with van der Waals surface area (Å²) in [4.78, 5) is 61.2. The van der Waals surface area contributed by atoms with Crippen LogP contribution >= 0.6 is 0 Å². The van der Waals surface area contributed by atoms with Crippen LogP contribution in [-0.4, -0.2) is 102 Å². The molecule has 3 fully saturated rings. The van der Waals surface area contributed by atoms with Crippen molar-refractivity contribution in [3.8, 4) is 11.6 Å². The minimum atomic E-state index is -3.92. The lowest BCUT2D eigenvalue weighted by Gasteiger charge is -2.35. The molecule has 1 aliphatic heterocycles. The summed E-state index contributed by atoms with van der Waals surface area (Å²) >= 11 is 0. The molecule has 2 heterocycles. The van der Waals surface area contributed by atoms with Gasteiger partial charge >= 0.3 is 6.09 Å². The molecule has 1 aromatic heterocycles. The molecule has 3 N–H and O–H groups in total. The van der Waals surface area contributed by atoms with Crippen LogP contribution in [0.5, 0.6) is 11.6 Å². The van der Waals surface area contributed by atoms with Gasteiger partial charge in [0, 0.05) is 23.9 Å². The van der Waals surface area contributed by atoms with E-state index in [1.807, 2.05) is 6.07 Å². The second-order valence-corrected chi connectivity index (χ2v) is 17.9. The lowest BCUT2D eigenvalue weighted by atomic mass is 10.1. The van der Waals surface area contributed by atoms with Crippen molar-refractivity contribution in [3.63, 3.8) is 0 Å². The molecule has 290 valence electrons. The van der Waals surface area contributed by atoms with Gasteiger partial charge in [-0.2, -0.15) is 0 Å². The number of nitrogens with zero attached hydrogens (tertiary/aromatic N) is 2. The fourth-order valence-corrected chi connectivity index (χ4v) is 7.88. The fraction of sp³-hybridized carbons (Fsp3) is 0.595. The third-order valence-electron chi connectivity index (χ3n) is 9.26. The Hall–Kier alpha value is -4.44. The van der Waals surface area contributed by atoms with Crippen LogP contribution in [0.2, 0.25) is 0 Å². The summed E-state index contributed by atoms with van der Waals surface area (Å²) in [6, 6.07) is 4.68. The van der Waals surface area contributed by atoms with E-state index < -0.39 is 86.0 Å². The summed E-state index contributed by atoms with van der Waals surface area (Å²) in [5.41, 5.74) is -3.17. The van der Waals surface area contributed by atoms with Crippen LogP contribution in [-0.2, 0) is 33.9 Å². The van der Waals surface area contributed by atoms with Crippen LogP contribution in [0.4, 0.5) is 4.79 Å². The highest BCUT2D eigenvalue weighted by molar-refractivity contribution is 7.91. The van der Waals surface area contributed by atoms with Crippen molar-refractivity contribution in [1.29, 1.82) is 0 Å². The first-order valence-corrected chi connectivity index (χ1v) is 19.3. The number of rotatable bonds is 13. The normalized spacial score (nSPS) is 24.1. The van der Waals surface area contributed by atoms with Crippen molar-refractivity contribution in [2.45, 2.75) is 120 Å². The number of aromatic nitrogens is 1. The maximum atomic E-state index is 14.6. The quantitative estimate of drug-likeness (QED) is 0.254. The molecule has 6 atom stereocenters. The molecule has 0 unspecified atom stereocenters. The molecule has 53 heavy (non-hydrogen) atoms. The van der Waals surface area contributed by atoms with E-state index in [2.05, 4.69) is 26.9 Å². The van der Waals surface area contributed by atoms with Gasteiger partial charge < -0.3 is 34.5 Å². The Balaban J connectivity index is 1.47. The van der Waals surface area contributed by atoms with Gasteiger partial charge in [-0.3, -0.25) is 19.1 Å². The molecule has 0 spiro atoms. The number of nitrogens with one attached hydrogen (secondary N) is 3.